The van der Waals surface area contributed by atoms with E-state index < -0.39 is 17.7 Å². The number of anilines is 1. The van der Waals surface area contributed by atoms with Gasteiger partial charge in [0.15, 0.2) is 5.16 Å². The third-order valence-corrected chi connectivity index (χ3v) is 5.42. The lowest BCUT2D eigenvalue weighted by molar-refractivity contribution is -0.138. The molecule has 1 aliphatic rings. The zero-order chi connectivity index (χ0) is 20.3. The van der Waals surface area contributed by atoms with Crippen molar-refractivity contribution in [1.82, 2.24) is 9.97 Å². The van der Waals surface area contributed by atoms with Crippen LogP contribution in [0.15, 0.2) is 45.5 Å². The number of carbonyl (C=O) groups excluding carboxylic acids is 1. The fraction of sp³-hybridized carbons (Fsp3) is 0.350. The summed E-state index contributed by atoms with van der Waals surface area (Å²) < 4.78 is 19.1. The first-order valence-electron chi connectivity index (χ1n) is 9.13. The van der Waals surface area contributed by atoms with E-state index in [1.807, 2.05) is 6.92 Å². The summed E-state index contributed by atoms with van der Waals surface area (Å²) in [5.74, 6) is -0.568. The molecule has 2 heterocycles. The molecule has 0 saturated carbocycles. The van der Waals surface area contributed by atoms with Gasteiger partial charge in [-0.3, -0.25) is 4.79 Å². The highest BCUT2D eigenvalue weighted by Gasteiger charge is 2.36. The van der Waals surface area contributed by atoms with Crippen molar-refractivity contribution in [3.63, 3.8) is 0 Å². The molecule has 0 amide bonds. The SMILES string of the molecule is CCCSc1nc2c(c(=O)[nH]1)[C@@H](c1cccc(F)c1)C(C(=O)OCC)=C(C)N2. The van der Waals surface area contributed by atoms with Gasteiger partial charge in [-0.05, 0) is 38.0 Å². The molecule has 2 N–H and O–H groups in total. The van der Waals surface area contributed by atoms with Gasteiger partial charge in [0.2, 0.25) is 0 Å². The van der Waals surface area contributed by atoms with E-state index in [2.05, 4.69) is 15.3 Å². The highest BCUT2D eigenvalue weighted by molar-refractivity contribution is 7.99. The second-order valence-electron chi connectivity index (χ2n) is 6.35. The number of aromatic nitrogens is 2. The van der Waals surface area contributed by atoms with Crippen molar-refractivity contribution in [2.24, 2.45) is 0 Å². The average molecular weight is 403 g/mol. The van der Waals surface area contributed by atoms with E-state index in [0.717, 1.165) is 12.2 Å². The van der Waals surface area contributed by atoms with E-state index in [1.165, 1.54) is 23.9 Å². The number of ether oxygens (including phenoxy) is 1. The van der Waals surface area contributed by atoms with Crippen LogP contribution in [0.25, 0.3) is 0 Å². The first-order chi connectivity index (χ1) is 13.5. The van der Waals surface area contributed by atoms with Crippen LogP contribution in [0, 0.1) is 5.82 Å². The first kappa shape index (κ1) is 20.1. The zero-order valence-corrected chi connectivity index (χ0v) is 16.8. The average Bonchev–Trinajstić information content (AvgIpc) is 2.65. The van der Waals surface area contributed by atoms with Crippen LogP contribution in [0.2, 0.25) is 0 Å². The molecular weight excluding hydrogens is 381 g/mol. The normalized spacial score (nSPS) is 15.8. The zero-order valence-electron chi connectivity index (χ0n) is 16.0. The molecule has 1 aromatic carbocycles. The number of esters is 1. The number of hydrogen-bond donors (Lipinski definition) is 2. The van der Waals surface area contributed by atoms with Gasteiger partial charge in [-0.25, -0.2) is 14.2 Å². The Balaban J connectivity index is 2.19. The van der Waals surface area contributed by atoms with E-state index >= 15 is 0 Å². The molecule has 148 valence electrons. The van der Waals surface area contributed by atoms with E-state index in [4.69, 9.17) is 4.74 Å². The number of thioether (sulfide) groups is 1. The minimum absolute atomic E-state index is 0.194. The number of benzene rings is 1. The molecule has 0 saturated heterocycles. The number of rotatable bonds is 6. The van der Waals surface area contributed by atoms with Crippen LogP contribution in [-0.4, -0.2) is 28.3 Å². The van der Waals surface area contributed by atoms with Crippen molar-refractivity contribution < 1.29 is 13.9 Å². The Labute approximate surface area is 166 Å². The van der Waals surface area contributed by atoms with Gasteiger partial charge >= 0.3 is 5.97 Å². The lowest BCUT2D eigenvalue weighted by Gasteiger charge is -2.28. The van der Waals surface area contributed by atoms with Gasteiger partial charge in [-0.2, -0.15) is 0 Å². The summed E-state index contributed by atoms with van der Waals surface area (Å²) in [6.07, 6.45) is 0.941. The number of hydrogen-bond acceptors (Lipinski definition) is 6. The molecule has 6 nitrogen and oxygen atoms in total. The van der Waals surface area contributed by atoms with E-state index in [0.29, 0.717) is 22.2 Å². The van der Waals surface area contributed by atoms with Crippen LogP contribution in [0.5, 0.6) is 0 Å². The highest BCUT2D eigenvalue weighted by Crippen LogP contribution is 2.40. The second kappa shape index (κ2) is 8.60. The minimum atomic E-state index is -0.771. The molecule has 0 aliphatic carbocycles. The van der Waals surface area contributed by atoms with Crippen LogP contribution >= 0.6 is 11.8 Å². The van der Waals surface area contributed by atoms with Crippen LogP contribution in [0.4, 0.5) is 10.2 Å². The van der Waals surface area contributed by atoms with Crippen LogP contribution in [0.3, 0.4) is 0 Å². The van der Waals surface area contributed by atoms with Crippen molar-refractivity contribution in [1.29, 1.82) is 0 Å². The van der Waals surface area contributed by atoms with E-state index in [9.17, 15) is 14.0 Å². The number of halogens is 1. The van der Waals surface area contributed by atoms with Crippen LogP contribution < -0.4 is 10.9 Å². The third-order valence-electron chi connectivity index (χ3n) is 4.34. The lowest BCUT2D eigenvalue weighted by atomic mass is 9.82. The van der Waals surface area contributed by atoms with Gasteiger partial charge in [0.05, 0.1) is 23.7 Å². The summed E-state index contributed by atoms with van der Waals surface area (Å²) in [5.41, 5.74) is 1.22. The second-order valence-corrected chi connectivity index (χ2v) is 7.44. The number of carbonyl (C=O) groups is 1. The number of H-pyrrole nitrogens is 1. The lowest BCUT2D eigenvalue weighted by Crippen LogP contribution is -2.31. The molecule has 2 aromatic rings. The Hall–Kier alpha value is -2.61. The fourth-order valence-electron chi connectivity index (χ4n) is 3.20. The molecule has 0 spiro atoms. The molecule has 0 fully saturated rings. The molecular formula is C20H22FN3O3S. The standard InChI is InChI=1S/C20H22FN3O3S/c1-4-9-28-20-23-17-16(18(25)24-20)15(12-7-6-8-13(21)10-12)14(11(3)22-17)19(26)27-5-2/h6-8,10,15H,4-5,9H2,1-3H3,(H2,22,23,24,25)/t15-/m0/s1. The number of nitrogens with one attached hydrogen (secondary N) is 2. The predicted octanol–water partition coefficient (Wildman–Crippen LogP) is 3.81. The molecule has 1 aliphatic heterocycles. The molecule has 28 heavy (non-hydrogen) atoms. The monoisotopic (exact) mass is 403 g/mol. The molecule has 3 rings (SSSR count). The third kappa shape index (κ3) is 3.96. The summed E-state index contributed by atoms with van der Waals surface area (Å²) in [5, 5.41) is 3.57. The predicted molar refractivity (Wildman–Crippen MR) is 107 cm³/mol. The number of allylic oxidation sites excluding steroid dienone is 1. The molecule has 8 heteroatoms. The van der Waals surface area contributed by atoms with Crippen molar-refractivity contribution in [3.05, 3.63) is 62.8 Å². The van der Waals surface area contributed by atoms with E-state index in [1.54, 1.807) is 26.0 Å². The van der Waals surface area contributed by atoms with Crippen molar-refractivity contribution in [3.8, 4) is 0 Å². The Morgan fingerprint density at radius 1 is 1.36 bits per heavy atom. The highest BCUT2D eigenvalue weighted by atomic mass is 32.2. The fourth-order valence-corrected chi connectivity index (χ4v) is 3.92. The number of nitrogens with zero attached hydrogens (tertiary/aromatic N) is 1. The Kier molecular flexibility index (Phi) is 6.18. The summed E-state index contributed by atoms with van der Waals surface area (Å²) in [6, 6.07) is 5.89. The van der Waals surface area contributed by atoms with Gasteiger partial charge in [0.25, 0.3) is 5.56 Å². The van der Waals surface area contributed by atoms with Crippen LogP contribution in [-0.2, 0) is 9.53 Å². The maximum atomic E-state index is 13.9. The van der Waals surface area contributed by atoms with Crippen molar-refractivity contribution >= 4 is 23.5 Å². The molecule has 1 aromatic heterocycles. The van der Waals surface area contributed by atoms with Crippen molar-refractivity contribution in [2.45, 2.75) is 38.3 Å². The largest absolute Gasteiger partial charge is 0.463 e. The van der Waals surface area contributed by atoms with E-state index in [-0.39, 0.29) is 23.3 Å². The molecule has 0 bridgehead atoms. The first-order valence-corrected chi connectivity index (χ1v) is 10.1. The summed E-state index contributed by atoms with van der Waals surface area (Å²) in [7, 11) is 0. The quantitative estimate of drug-likeness (QED) is 0.434. The summed E-state index contributed by atoms with van der Waals surface area (Å²) in [6.45, 7) is 5.67. The van der Waals surface area contributed by atoms with Gasteiger partial charge in [-0.1, -0.05) is 30.8 Å². The summed E-state index contributed by atoms with van der Waals surface area (Å²) >= 11 is 1.45. The van der Waals surface area contributed by atoms with Gasteiger partial charge < -0.3 is 15.0 Å². The molecule has 0 unspecified atom stereocenters. The number of aromatic amines is 1. The van der Waals surface area contributed by atoms with Gasteiger partial charge in [-0.15, -0.1) is 0 Å². The summed E-state index contributed by atoms with van der Waals surface area (Å²) in [4.78, 5) is 32.9. The van der Waals surface area contributed by atoms with Crippen molar-refractivity contribution in [2.75, 3.05) is 17.7 Å². The van der Waals surface area contributed by atoms with Crippen LogP contribution in [0.1, 0.15) is 44.2 Å². The molecule has 1 atom stereocenters. The topological polar surface area (TPSA) is 84.1 Å². The van der Waals surface area contributed by atoms with Gasteiger partial charge in [0, 0.05) is 11.4 Å². The maximum absolute atomic E-state index is 13.9. The van der Waals surface area contributed by atoms with Gasteiger partial charge in [0.1, 0.15) is 11.6 Å². The Morgan fingerprint density at radius 2 is 2.14 bits per heavy atom. The maximum Gasteiger partial charge on any atom is 0.336 e. The minimum Gasteiger partial charge on any atom is -0.463 e. The molecule has 0 radical (unpaired) electrons. The Morgan fingerprint density at radius 3 is 2.82 bits per heavy atom. The Bertz CT molecular complexity index is 987. The smallest absolute Gasteiger partial charge is 0.336 e. The number of fused-ring (bicyclic) bond motifs is 1.